The second kappa shape index (κ2) is 22.5. The lowest BCUT2D eigenvalue weighted by molar-refractivity contribution is -0.121. The maximum absolute atomic E-state index is 11.8. The first-order chi connectivity index (χ1) is 15.5. The minimum atomic E-state index is 0.00180. The van der Waals surface area contributed by atoms with Crippen LogP contribution in [0.15, 0.2) is 48.6 Å². The SMILES string of the molecule is CCCCC/C=C\C/C=C\C/C=C\C/C=C\CCCC(=O)NCCOCC(C)(C)COC. The van der Waals surface area contributed by atoms with E-state index in [1.807, 2.05) is 0 Å². The summed E-state index contributed by atoms with van der Waals surface area (Å²) < 4.78 is 10.8. The van der Waals surface area contributed by atoms with Crippen molar-refractivity contribution in [2.24, 2.45) is 5.41 Å². The molecule has 0 saturated heterocycles. The van der Waals surface area contributed by atoms with E-state index >= 15 is 0 Å². The number of carbonyl (C=O) groups excluding carboxylic acids is 1. The Labute approximate surface area is 198 Å². The number of nitrogens with one attached hydrogen (secondary N) is 1. The summed E-state index contributed by atoms with van der Waals surface area (Å²) in [6.45, 7) is 8.84. The zero-order valence-electron chi connectivity index (χ0n) is 21.2. The molecule has 0 radical (unpaired) electrons. The summed E-state index contributed by atoms with van der Waals surface area (Å²) in [5, 5.41) is 2.91. The lowest BCUT2D eigenvalue weighted by atomic mass is 9.96. The Morgan fingerprint density at radius 1 is 0.812 bits per heavy atom. The molecule has 0 fully saturated rings. The van der Waals surface area contributed by atoms with Crippen molar-refractivity contribution in [2.75, 3.05) is 33.5 Å². The van der Waals surface area contributed by atoms with E-state index < -0.39 is 0 Å². The van der Waals surface area contributed by atoms with Crippen molar-refractivity contribution in [3.8, 4) is 0 Å². The van der Waals surface area contributed by atoms with Crippen LogP contribution >= 0.6 is 0 Å². The van der Waals surface area contributed by atoms with Gasteiger partial charge >= 0.3 is 0 Å². The number of allylic oxidation sites excluding steroid dienone is 8. The van der Waals surface area contributed by atoms with E-state index in [4.69, 9.17) is 9.47 Å². The highest BCUT2D eigenvalue weighted by atomic mass is 16.5. The van der Waals surface area contributed by atoms with Gasteiger partial charge in [-0.25, -0.2) is 0 Å². The van der Waals surface area contributed by atoms with Crippen LogP contribution in [0.3, 0.4) is 0 Å². The molecule has 4 heteroatoms. The van der Waals surface area contributed by atoms with Crippen LogP contribution in [0.2, 0.25) is 0 Å². The minimum absolute atomic E-state index is 0.00180. The Morgan fingerprint density at radius 3 is 1.94 bits per heavy atom. The van der Waals surface area contributed by atoms with Crippen LogP contribution in [0, 0.1) is 5.41 Å². The predicted molar refractivity (Wildman–Crippen MR) is 138 cm³/mol. The smallest absolute Gasteiger partial charge is 0.220 e. The maximum Gasteiger partial charge on any atom is 0.220 e. The summed E-state index contributed by atoms with van der Waals surface area (Å²) >= 11 is 0. The molecule has 0 spiro atoms. The van der Waals surface area contributed by atoms with E-state index in [2.05, 4.69) is 74.7 Å². The number of ether oxygens (including phenoxy) is 2. The van der Waals surface area contributed by atoms with Crippen molar-refractivity contribution in [1.82, 2.24) is 5.32 Å². The average Bonchev–Trinajstić information content (AvgIpc) is 2.75. The van der Waals surface area contributed by atoms with E-state index in [9.17, 15) is 4.79 Å². The number of carbonyl (C=O) groups is 1. The third kappa shape index (κ3) is 23.0. The van der Waals surface area contributed by atoms with Gasteiger partial charge < -0.3 is 14.8 Å². The van der Waals surface area contributed by atoms with Gasteiger partial charge in [0.15, 0.2) is 0 Å². The van der Waals surface area contributed by atoms with E-state index in [1.54, 1.807) is 7.11 Å². The first kappa shape index (κ1) is 30.4. The van der Waals surface area contributed by atoms with Crippen LogP contribution in [0.4, 0.5) is 0 Å². The van der Waals surface area contributed by atoms with Crippen LogP contribution in [-0.2, 0) is 14.3 Å². The summed E-state index contributed by atoms with van der Waals surface area (Å²) in [5.41, 5.74) is 0.00180. The third-order valence-electron chi connectivity index (χ3n) is 4.83. The number of methoxy groups -OCH3 is 1. The van der Waals surface area contributed by atoms with Gasteiger partial charge in [0, 0.05) is 25.5 Å². The highest BCUT2D eigenvalue weighted by Crippen LogP contribution is 2.15. The molecule has 4 nitrogen and oxygen atoms in total. The zero-order chi connectivity index (χ0) is 23.8. The molecular weight excluding hydrogens is 398 g/mol. The topological polar surface area (TPSA) is 47.6 Å². The molecule has 0 aromatic carbocycles. The van der Waals surface area contributed by atoms with Gasteiger partial charge in [0.25, 0.3) is 0 Å². The molecule has 0 saturated carbocycles. The third-order valence-corrected chi connectivity index (χ3v) is 4.83. The first-order valence-corrected chi connectivity index (χ1v) is 12.4. The molecule has 0 rings (SSSR count). The van der Waals surface area contributed by atoms with Crippen molar-refractivity contribution in [3.63, 3.8) is 0 Å². The molecule has 0 aliphatic carbocycles. The van der Waals surface area contributed by atoms with Gasteiger partial charge in [-0.2, -0.15) is 0 Å². The highest BCUT2D eigenvalue weighted by Gasteiger charge is 2.17. The number of hydrogen-bond donors (Lipinski definition) is 1. The van der Waals surface area contributed by atoms with Crippen LogP contribution in [-0.4, -0.2) is 39.4 Å². The number of unbranched alkanes of at least 4 members (excludes halogenated alkanes) is 4. The van der Waals surface area contributed by atoms with Crippen LogP contribution in [0.5, 0.6) is 0 Å². The van der Waals surface area contributed by atoms with Crippen LogP contribution in [0.1, 0.15) is 85.0 Å². The average molecular weight is 448 g/mol. The van der Waals surface area contributed by atoms with Gasteiger partial charge in [0.1, 0.15) is 0 Å². The summed E-state index contributed by atoms with van der Waals surface area (Å²) in [6.07, 6.45) is 28.3. The second-order valence-electron chi connectivity index (χ2n) is 8.98. The molecule has 0 aromatic heterocycles. The van der Waals surface area contributed by atoms with Crippen molar-refractivity contribution in [2.45, 2.75) is 85.0 Å². The summed E-state index contributed by atoms with van der Waals surface area (Å²) in [6, 6.07) is 0. The quantitative estimate of drug-likeness (QED) is 0.153. The predicted octanol–water partition coefficient (Wildman–Crippen LogP) is 6.94. The molecule has 1 N–H and O–H groups in total. The van der Waals surface area contributed by atoms with Crippen molar-refractivity contribution in [3.05, 3.63) is 48.6 Å². The molecule has 0 atom stereocenters. The monoisotopic (exact) mass is 447 g/mol. The summed E-state index contributed by atoms with van der Waals surface area (Å²) in [7, 11) is 1.70. The van der Waals surface area contributed by atoms with E-state index in [1.165, 1.54) is 25.7 Å². The van der Waals surface area contributed by atoms with Gasteiger partial charge in [-0.05, 0) is 44.9 Å². The van der Waals surface area contributed by atoms with Crippen molar-refractivity contribution < 1.29 is 14.3 Å². The molecule has 0 heterocycles. The Bertz CT molecular complexity index is 547. The lowest BCUT2D eigenvalue weighted by Gasteiger charge is -2.23. The van der Waals surface area contributed by atoms with Crippen LogP contribution < -0.4 is 5.32 Å². The fourth-order valence-electron chi connectivity index (χ4n) is 3.07. The minimum Gasteiger partial charge on any atom is -0.384 e. The lowest BCUT2D eigenvalue weighted by Crippen LogP contribution is -2.30. The number of rotatable bonds is 21. The van der Waals surface area contributed by atoms with Gasteiger partial charge in [-0.1, -0.05) is 82.2 Å². The van der Waals surface area contributed by atoms with Crippen LogP contribution in [0.25, 0.3) is 0 Å². The first-order valence-electron chi connectivity index (χ1n) is 12.4. The molecule has 1 amide bonds. The zero-order valence-corrected chi connectivity index (χ0v) is 21.2. The Balaban J connectivity index is 3.53. The normalized spacial score (nSPS) is 12.8. The molecule has 0 aliphatic rings. The largest absolute Gasteiger partial charge is 0.384 e. The molecule has 0 aromatic rings. The molecule has 184 valence electrons. The number of amides is 1. The standard InChI is InChI=1S/C28H49NO3/c1-5-6-7-8-9-10-11-12-13-14-15-16-17-18-19-20-21-22-27(30)29-23-24-32-26-28(2,3)25-31-4/h9-10,12-13,15-16,18-19H,5-8,11,14,17,20-26H2,1-4H3,(H,29,30)/b10-9-,13-12-,16-15-,19-18-. The maximum atomic E-state index is 11.8. The Hall–Kier alpha value is -1.65. The van der Waals surface area contributed by atoms with Gasteiger partial charge in [-0.3, -0.25) is 4.79 Å². The van der Waals surface area contributed by atoms with E-state index in [0.717, 1.165) is 32.1 Å². The van der Waals surface area contributed by atoms with Gasteiger partial charge in [0.2, 0.25) is 5.91 Å². The Kier molecular flexibility index (Phi) is 21.4. The summed E-state index contributed by atoms with van der Waals surface area (Å²) in [4.78, 5) is 11.8. The fraction of sp³-hybridized carbons (Fsp3) is 0.679. The van der Waals surface area contributed by atoms with E-state index in [0.29, 0.717) is 32.8 Å². The molecule has 0 aliphatic heterocycles. The Morgan fingerprint density at radius 2 is 1.38 bits per heavy atom. The number of hydrogen-bond acceptors (Lipinski definition) is 3. The van der Waals surface area contributed by atoms with Gasteiger partial charge in [0.05, 0.1) is 19.8 Å². The molecule has 0 unspecified atom stereocenters. The van der Waals surface area contributed by atoms with Gasteiger partial charge in [-0.15, -0.1) is 0 Å². The molecular formula is C28H49NO3. The molecule has 0 bridgehead atoms. The molecule has 32 heavy (non-hydrogen) atoms. The summed E-state index contributed by atoms with van der Waals surface area (Å²) in [5.74, 6) is 0.0978. The fourth-order valence-corrected chi connectivity index (χ4v) is 3.07. The highest BCUT2D eigenvalue weighted by molar-refractivity contribution is 5.75. The van der Waals surface area contributed by atoms with E-state index in [-0.39, 0.29) is 11.3 Å². The van der Waals surface area contributed by atoms with Crippen molar-refractivity contribution >= 4 is 5.91 Å². The van der Waals surface area contributed by atoms with Crippen molar-refractivity contribution in [1.29, 1.82) is 0 Å². The second-order valence-corrected chi connectivity index (χ2v) is 8.98.